The standard InChI is InChI=1S/C15H19FN4O2/c16-13-5-3-12(4-6-13)14(21)11-18-15(22)17-7-1-9-20-10-2-8-19-20/h2-6,8,10,14,21H,1,7,9,11H2,(H2,17,18,22)/t14-/m1/s1. The third-order valence-corrected chi connectivity index (χ3v) is 3.12. The van der Waals surface area contributed by atoms with Gasteiger partial charge in [0.2, 0.25) is 0 Å². The molecular weight excluding hydrogens is 287 g/mol. The SMILES string of the molecule is O=C(NCCCn1cccn1)NC[C@@H](O)c1ccc(F)cc1. The van der Waals surface area contributed by atoms with Crippen molar-refractivity contribution < 1.29 is 14.3 Å². The summed E-state index contributed by atoms with van der Waals surface area (Å²) in [5.74, 6) is -0.362. The zero-order valence-electron chi connectivity index (χ0n) is 12.1. The number of hydrogen-bond acceptors (Lipinski definition) is 3. The first-order valence-electron chi connectivity index (χ1n) is 7.08. The number of nitrogens with zero attached hydrogens (tertiary/aromatic N) is 2. The molecule has 3 N–H and O–H groups in total. The second kappa shape index (κ2) is 8.14. The Morgan fingerprint density at radius 3 is 2.77 bits per heavy atom. The van der Waals surface area contributed by atoms with Crippen LogP contribution in [0.2, 0.25) is 0 Å². The zero-order valence-corrected chi connectivity index (χ0v) is 12.1. The molecule has 2 rings (SSSR count). The van der Waals surface area contributed by atoms with E-state index in [4.69, 9.17) is 0 Å². The molecule has 22 heavy (non-hydrogen) atoms. The molecule has 0 saturated heterocycles. The van der Waals surface area contributed by atoms with Crippen LogP contribution in [0, 0.1) is 5.82 Å². The molecule has 0 aliphatic rings. The predicted octanol–water partition coefficient (Wildman–Crippen LogP) is 1.45. The number of urea groups is 1. The molecule has 0 bridgehead atoms. The molecule has 0 spiro atoms. The van der Waals surface area contributed by atoms with Crippen molar-refractivity contribution in [2.45, 2.75) is 19.1 Å². The van der Waals surface area contributed by atoms with Gasteiger partial charge in [-0.05, 0) is 30.2 Å². The van der Waals surface area contributed by atoms with Crippen molar-refractivity contribution in [2.24, 2.45) is 0 Å². The van der Waals surface area contributed by atoms with Crippen LogP contribution in [0.3, 0.4) is 0 Å². The van der Waals surface area contributed by atoms with E-state index in [1.807, 2.05) is 12.3 Å². The Labute approximate surface area is 128 Å². The topological polar surface area (TPSA) is 79.2 Å². The highest BCUT2D eigenvalue weighted by molar-refractivity contribution is 5.73. The third kappa shape index (κ3) is 5.17. The summed E-state index contributed by atoms with van der Waals surface area (Å²) in [7, 11) is 0. The zero-order chi connectivity index (χ0) is 15.8. The van der Waals surface area contributed by atoms with Crippen molar-refractivity contribution in [1.29, 1.82) is 0 Å². The molecule has 2 aromatic rings. The Bertz CT molecular complexity index is 572. The monoisotopic (exact) mass is 306 g/mol. The second-order valence-corrected chi connectivity index (χ2v) is 4.83. The maximum atomic E-state index is 12.8. The average Bonchev–Trinajstić information content (AvgIpc) is 3.03. The number of nitrogens with one attached hydrogen (secondary N) is 2. The van der Waals surface area contributed by atoms with Crippen LogP contribution in [-0.4, -0.2) is 34.0 Å². The van der Waals surface area contributed by atoms with E-state index in [1.54, 1.807) is 10.9 Å². The summed E-state index contributed by atoms with van der Waals surface area (Å²) in [5, 5.41) is 19.2. The Morgan fingerprint density at radius 1 is 1.32 bits per heavy atom. The van der Waals surface area contributed by atoms with Crippen molar-refractivity contribution in [2.75, 3.05) is 13.1 Å². The lowest BCUT2D eigenvalue weighted by Gasteiger charge is -2.13. The molecule has 118 valence electrons. The lowest BCUT2D eigenvalue weighted by molar-refractivity contribution is 0.173. The number of carbonyl (C=O) groups is 1. The largest absolute Gasteiger partial charge is 0.387 e. The van der Waals surface area contributed by atoms with Gasteiger partial charge in [-0.25, -0.2) is 9.18 Å². The van der Waals surface area contributed by atoms with Crippen molar-refractivity contribution in [3.05, 3.63) is 54.1 Å². The summed E-state index contributed by atoms with van der Waals surface area (Å²) in [4.78, 5) is 11.6. The number of aliphatic hydroxyl groups is 1. The van der Waals surface area contributed by atoms with Gasteiger partial charge in [0.25, 0.3) is 0 Å². The minimum atomic E-state index is -0.865. The number of halogens is 1. The summed E-state index contributed by atoms with van der Waals surface area (Å²) in [6.07, 6.45) is 3.46. The minimum absolute atomic E-state index is 0.0661. The van der Waals surface area contributed by atoms with Gasteiger partial charge >= 0.3 is 6.03 Å². The summed E-state index contributed by atoms with van der Waals surface area (Å²) >= 11 is 0. The summed E-state index contributed by atoms with van der Waals surface area (Å²) in [5.41, 5.74) is 0.556. The molecule has 6 nitrogen and oxygen atoms in total. The number of aryl methyl sites for hydroxylation is 1. The van der Waals surface area contributed by atoms with Gasteiger partial charge in [-0.2, -0.15) is 5.10 Å². The van der Waals surface area contributed by atoms with Crippen molar-refractivity contribution in [3.63, 3.8) is 0 Å². The fourth-order valence-electron chi connectivity index (χ4n) is 1.93. The van der Waals surface area contributed by atoms with Gasteiger partial charge < -0.3 is 15.7 Å². The molecule has 2 amide bonds. The number of aromatic nitrogens is 2. The number of amides is 2. The van der Waals surface area contributed by atoms with E-state index in [0.717, 1.165) is 13.0 Å². The predicted molar refractivity (Wildman–Crippen MR) is 79.6 cm³/mol. The van der Waals surface area contributed by atoms with Crippen LogP contribution in [0.25, 0.3) is 0 Å². The summed E-state index contributed by atoms with van der Waals surface area (Å²) < 4.78 is 14.6. The molecule has 0 radical (unpaired) electrons. The van der Waals surface area contributed by atoms with E-state index in [2.05, 4.69) is 15.7 Å². The van der Waals surface area contributed by atoms with Crippen LogP contribution in [0.1, 0.15) is 18.1 Å². The highest BCUT2D eigenvalue weighted by atomic mass is 19.1. The van der Waals surface area contributed by atoms with Crippen molar-refractivity contribution >= 4 is 6.03 Å². The van der Waals surface area contributed by atoms with E-state index in [0.29, 0.717) is 12.1 Å². The second-order valence-electron chi connectivity index (χ2n) is 4.83. The van der Waals surface area contributed by atoms with Crippen LogP contribution < -0.4 is 10.6 Å². The number of benzene rings is 1. The van der Waals surface area contributed by atoms with E-state index in [9.17, 15) is 14.3 Å². The number of rotatable bonds is 7. The number of hydrogen-bond donors (Lipinski definition) is 3. The van der Waals surface area contributed by atoms with Gasteiger partial charge in [0, 0.05) is 32.0 Å². The highest BCUT2D eigenvalue weighted by Crippen LogP contribution is 2.12. The summed E-state index contributed by atoms with van der Waals surface area (Å²) in [6.45, 7) is 1.31. The van der Waals surface area contributed by atoms with Crippen molar-refractivity contribution in [1.82, 2.24) is 20.4 Å². The van der Waals surface area contributed by atoms with E-state index >= 15 is 0 Å². The lowest BCUT2D eigenvalue weighted by atomic mass is 10.1. The fourth-order valence-corrected chi connectivity index (χ4v) is 1.93. The lowest BCUT2D eigenvalue weighted by Crippen LogP contribution is -2.38. The van der Waals surface area contributed by atoms with Gasteiger partial charge in [-0.15, -0.1) is 0 Å². The fraction of sp³-hybridized carbons (Fsp3) is 0.333. The highest BCUT2D eigenvalue weighted by Gasteiger charge is 2.09. The first-order valence-corrected chi connectivity index (χ1v) is 7.08. The Kier molecular flexibility index (Phi) is 5.91. The number of carbonyl (C=O) groups excluding carboxylic acids is 1. The first-order chi connectivity index (χ1) is 10.6. The Balaban J connectivity index is 1.61. The van der Waals surface area contributed by atoms with Crippen LogP contribution in [0.4, 0.5) is 9.18 Å². The van der Waals surface area contributed by atoms with E-state index in [1.165, 1.54) is 24.3 Å². The van der Waals surface area contributed by atoms with Crippen molar-refractivity contribution in [3.8, 4) is 0 Å². The molecule has 0 aliphatic heterocycles. The molecule has 7 heteroatoms. The number of aliphatic hydroxyl groups excluding tert-OH is 1. The normalized spacial score (nSPS) is 11.9. The van der Waals surface area contributed by atoms with Crippen LogP contribution in [-0.2, 0) is 6.54 Å². The van der Waals surface area contributed by atoms with E-state index < -0.39 is 6.10 Å². The van der Waals surface area contributed by atoms with Crippen LogP contribution >= 0.6 is 0 Å². The molecule has 1 atom stereocenters. The van der Waals surface area contributed by atoms with Gasteiger partial charge in [0.1, 0.15) is 5.82 Å². The third-order valence-electron chi connectivity index (χ3n) is 3.12. The maximum absolute atomic E-state index is 12.8. The molecule has 0 aliphatic carbocycles. The first kappa shape index (κ1) is 16.0. The molecule has 0 unspecified atom stereocenters. The Morgan fingerprint density at radius 2 is 2.09 bits per heavy atom. The van der Waals surface area contributed by atoms with Crippen LogP contribution in [0.5, 0.6) is 0 Å². The summed E-state index contributed by atoms with van der Waals surface area (Å²) in [6, 6.07) is 7.02. The molecule has 0 fully saturated rings. The van der Waals surface area contributed by atoms with Crippen LogP contribution in [0.15, 0.2) is 42.7 Å². The minimum Gasteiger partial charge on any atom is -0.387 e. The molecule has 0 saturated carbocycles. The van der Waals surface area contributed by atoms with Gasteiger partial charge in [-0.1, -0.05) is 12.1 Å². The van der Waals surface area contributed by atoms with Gasteiger partial charge in [-0.3, -0.25) is 4.68 Å². The smallest absolute Gasteiger partial charge is 0.314 e. The average molecular weight is 306 g/mol. The molecule has 1 aromatic carbocycles. The Hall–Kier alpha value is -2.41. The van der Waals surface area contributed by atoms with Gasteiger partial charge in [0.05, 0.1) is 6.10 Å². The molecular formula is C15H19FN4O2. The van der Waals surface area contributed by atoms with Gasteiger partial charge in [0.15, 0.2) is 0 Å². The maximum Gasteiger partial charge on any atom is 0.314 e. The molecule has 1 heterocycles. The quantitative estimate of drug-likeness (QED) is 0.677. The van der Waals surface area contributed by atoms with E-state index in [-0.39, 0.29) is 18.4 Å². The molecule has 1 aromatic heterocycles.